The first-order chi connectivity index (χ1) is 14.0. The van der Waals surface area contributed by atoms with Gasteiger partial charge < -0.3 is 15.4 Å². The molecule has 0 spiro atoms. The van der Waals surface area contributed by atoms with Gasteiger partial charge in [0, 0.05) is 33.4 Å². The van der Waals surface area contributed by atoms with Crippen LogP contribution in [0.4, 0.5) is 0 Å². The van der Waals surface area contributed by atoms with Crippen LogP contribution in [0.2, 0.25) is 0 Å². The van der Waals surface area contributed by atoms with Gasteiger partial charge in [-0.05, 0) is 43.6 Å². The van der Waals surface area contributed by atoms with Crippen molar-refractivity contribution >= 4 is 15.8 Å². The van der Waals surface area contributed by atoms with Gasteiger partial charge >= 0.3 is 0 Å². The second-order valence-electron chi connectivity index (χ2n) is 8.00. The minimum atomic E-state index is -3.10. The number of aliphatic imine (C=N–C) groups is 1. The molecule has 0 saturated heterocycles. The monoisotopic (exact) mass is 423 g/mol. The number of hydrogen-bond donors (Lipinski definition) is 2. The summed E-state index contributed by atoms with van der Waals surface area (Å²) in [5.74, 6) is 1.05. The van der Waals surface area contributed by atoms with Crippen LogP contribution in [-0.2, 0) is 20.3 Å². The van der Waals surface area contributed by atoms with Crippen molar-refractivity contribution in [3.05, 3.63) is 35.9 Å². The van der Waals surface area contributed by atoms with Gasteiger partial charge in [0.05, 0.1) is 11.5 Å². The first-order valence-corrected chi connectivity index (χ1v) is 12.6. The number of guanidine groups is 1. The predicted molar refractivity (Wildman–Crippen MR) is 120 cm³/mol. The van der Waals surface area contributed by atoms with Crippen LogP contribution in [0.1, 0.15) is 51.0 Å². The van der Waals surface area contributed by atoms with Gasteiger partial charge in [0.1, 0.15) is 0 Å². The lowest BCUT2D eigenvalue weighted by Crippen LogP contribution is -2.39. The zero-order valence-electron chi connectivity index (χ0n) is 18.0. The summed E-state index contributed by atoms with van der Waals surface area (Å²) >= 11 is 0. The summed E-state index contributed by atoms with van der Waals surface area (Å²) in [4.78, 5) is 4.81. The quantitative estimate of drug-likeness (QED) is 0.307. The summed E-state index contributed by atoms with van der Waals surface area (Å²) in [6.45, 7) is 4.97. The minimum Gasteiger partial charge on any atom is -0.385 e. The van der Waals surface area contributed by atoms with E-state index in [2.05, 4.69) is 10.6 Å². The molecule has 29 heavy (non-hydrogen) atoms. The van der Waals surface area contributed by atoms with Crippen molar-refractivity contribution in [3.8, 4) is 0 Å². The van der Waals surface area contributed by atoms with Gasteiger partial charge in [0.2, 0.25) is 0 Å². The Hall–Kier alpha value is -1.60. The normalized spacial score (nSPS) is 16.7. The van der Waals surface area contributed by atoms with Crippen molar-refractivity contribution in [1.29, 1.82) is 0 Å². The van der Waals surface area contributed by atoms with E-state index in [0.717, 1.165) is 37.6 Å². The molecule has 0 radical (unpaired) electrons. The summed E-state index contributed by atoms with van der Waals surface area (Å²) in [6.07, 6.45) is 6.55. The van der Waals surface area contributed by atoms with Gasteiger partial charge in [-0.1, -0.05) is 43.2 Å². The van der Waals surface area contributed by atoms with Crippen molar-refractivity contribution in [2.24, 2.45) is 10.4 Å². The summed E-state index contributed by atoms with van der Waals surface area (Å²) < 4.78 is 30.0. The molecule has 2 rings (SSSR count). The number of ether oxygens (including phenoxy) is 1. The standard InChI is InChI=1S/C22H37N3O3S/c1-3-23-21(25-19-22(14-16-28-2)12-7-8-13-22)24-15-9-17-29(26,27)18-20-10-5-4-6-11-20/h4-6,10-11H,3,7-9,12-19H2,1-2H3,(H2,23,24,25). The zero-order valence-corrected chi connectivity index (χ0v) is 18.8. The second kappa shape index (κ2) is 12.2. The Balaban J connectivity index is 1.81. The molecule has 164 valence electrons. The molecule has 0 unspecified atom stereocenters. The molecular weight excluding hydrogens is 386 g/mol. The molecule has 6 nitrogen and oxygen atoms in total. The second-order valence-corrected chi connectivity index (χ2v) is 10.2. The zero-order chi connectivity index (χ0) is 21.0. The SMILES string of the molecule is CCNC(=NCC1(CCOC)CCCC1)NCCCS(=O)(=O)Cc1ccccc1. The van der Waals surface area contributed by atoms with Crippen molar-refractivity contribution < 1.29 is 13.2 Å². The van der Waals surface area contributed by atoms with Crippen LogP contribution in [0.3, 0.4) is 0 Å². The lowest BCUT2D eigenvalue weighted by Gasteiger charge is -2.27. The van der Waals surface area contributed by atoms with Crippen LogP contribution >= 0.6 is 0 Å². The molecule has 0 aromatic heterocycles. The van der Waals surface area contributed by atoms with E-state index in [-0.39, 0.29) is 16.9 Å². The maximum absolute atomic E-state index is 12.3. The van der Waals surface area contributed by atoms with Gasteiger partial charge in [-0.3, -0.25) is 4.99 Å². The summed E-state index contributed by atoms with van der Waals surface area (Å²) in [5, 5.41) is 6.57. The first-order valence-electron chi connectivity index (χ1n) is 10.7. The molecule has 1 aliphatic rings. The Morgan fingerprint density at radius 1 is 1.17 bits per heavy atom. The van der Waals surface area contributed by atoms with Gasteiger partial charge in [-0.15, -0.1) is 0 Å². The number of hydrogen-bond acceptors (Lipinski definition) is 4. The molecule has 1 saturated carbocycles. The third-order valence-electron chi connectivity index (χ3n) is 5.57. The molecule has 1 aromatic rings. The maximum atomic E-state index is 12.3. The Morgan fingerprint density at radius 3 is 2.55 bits per heavy atom. The maximum Gasteiger partial charge on any atom is 0.191 e. The fourth-order valence-corrected chi connectivity index (χ4v) is 5.35. The Kier molecular flexibility index (Phi) is 9.94. The first kappa shape index (κ1) is 23.7. The van der Waals surface area contributed by atoms with Gasteiger partial charge in [0.25, 0.3) is 0 Å². The summed E-state index contributed by atoms with van der Waals surface area (Å²) in [6, 6.07) is 9.35. The van der Waals surface area contributed by atoms with Gasteiger partial charge in [0.15, 0.2) is 15.8 Å². The van der Waals surface area contributed by atoms with Crippen LogP contribution in [0, 0.1) is 5.41 Å². The molecule has 0 atom stereocenters. The van der Waals surface area contributed by atoms with Crippen LogP contribution in [0.25, 0.3) is 0 Å². The van der Waals surface area contributed by atoms with Crippen LogP contribution < -0.4 is 10.6 Å². The lowest BCUT2D eigenvalue weighted by molar-refractivity contribution is 0.141. The molecule has 0 heterocycles. The van der Waals surface area contributed by atoms with Gasteiger partial charge in [-0.25, -0.2) is 8.42 Å². The molecule has 0 aliphatic heterocycles. The molecule has 0 amide bonds. The smallest absolute Gasteiger partial charge is 0.191 e. The van der Waals surface area contributed by atoms with E-state index in [4.69, 9.17) is 9.73 Å². The third kappa shape index (κ3) is 8.74. The number of sulfone groups is 1. The summed E-state index contributed by atoms with van der Waals surface area (Å²) in [5.41, 5.74) is 1.09. The van der Waals surface area contributed by atoms with Crippen molar-refractivity contribution in [2.75, 3.05) is 39.1 Å². The van der Waals surface area contributed by atoms with Gasteiger partial charge in [-0.2, -0.15) is 0 Å². The van der Waals surface area contributed by atoms with Crippen LogP contribution in [0.15, 0.2) is 35.3 Å². The van der Waals surface area contributed by atoms with E-state index in [9.17, 15) is 8.42 Å². The number of rotatable bonds is 12. The molecule has 2 N–H and O–H groups in total. The Bertz CT molecular complexity index is 714. The largest absolute Gasteiger partial charge is 0.385 e. The van der Waals surface area contributed by atoms with E-state index in [0.29, 0.717) is 13.0 Å². The van der Waals surface area contributed by atoms with E-state index in [1.54, 1.807) is 7.11 Å². The molecule has 1 aromatic carbocycles. The summed E-state index contributed by atoms with van der Waals surface area (Å²) in [7, 11) is -1.35. The molecule has 7 heteroatoms. The molecule has 1 fully saturated rings. The highest BCUT2D eigenvalue weighted by Gasteiger charge is 2.33. The van der Waals surface area contributed by atoms with Crippen LogP contribution in [-0.4, -0.2) is 53.5 Å². The molecule has 0 bridgehead atoms. The Morgan fingerprint density at radius 2 is 1.90 bits per heavy atom. The van der Waals surface area contributed by atoms with Crippen LogP contribution in [0.5, 0.6) is 0 Å². The van der Waals surface area contributed by atoms with E-state index in [1.165, 1.54) is 25.7 Å². The number of methoxy groups -OCH3 is 1. The fourth-order valence-electron chi connectivity index (χ4n) is 3.92. The molecular formula is C22H37N3O3S. The van der Waals surface area contributed by atoms with Crippen molar-refractivity contribution in [2.45, 2.75) is 51.2 Å². The lowest BCUT2D eigenvalue weighted by atomic mass is 9.83. The number of benzene rings is 1. The van der Waals surface area contributed by atoms with Crippen molar-refractivity contribution in [3.63, 3.8) is 0 Å². The van der Waals surface area contributed by atoms with E-state index >= 15 is 0 Å². The van der Waals surface area contributed by atoms with E-state index < -0.39 is 9.84 Å². The highest BCUT2D eigenvalue weighted by atomic mass is 32.2. The number of nitrogens with zero attached hydrogens (tertiary/aromatic N) is 1. The Labute approximate surface area is 176 Å². The average molecular weight is 424 g/mol. The highest BCUT2D eigenvalue weighted by Crippen LogP contribution is 2.41. The minimum absolute atomic E-state index is 0.101. The third-order valence-corrected chi connectivity index (χ3v) is 7.26. The highest BCUT2D eigenvalue weighted by molar-refractivity contribution is 7.90. The predicted octanol–water partition coefficient (Wildman–Crippen LogP) is 3.14. The number of nitrogens with one attached hydrogen (secondary N) is 2. The van der Waals surface area contributed by atoms with E-state index in [1.807, 2.05) is 37.3 Å². The van der Waals surface area contributed by atoms with Crippen molar-refractivity contribution in [1.82, 2.24) is 10.6 Å². The fraction of sp³-hybridized carbons (Fsp3) is 0.682. The molecule has 1 aliphatic carbocycles. The topological polar surface area (TPSA) is 79.8 Å². The average Bonchev–Trinajstić information content (AvgIpc) is 3.17.